The first kappa shape index (κ1) is 15.1. The molecule has 0 bridgehead atoms. The first-order valence-electron chi connectivity index (χ1n) is 7.30. The van der Waals surface area contributed by atoms with Crippen LogP contribution in [0.2, 0.25) is 0 Å². The lowest BCUT2D eigenvalue weighted by Crippen LogP contribution is -2.19. The Balaban J connectivity index is 2.31. The van der Waals surface area contributed by atoms with Crippen LogP contribution in [0, 0.1) is 16.7 Å². The molecule has 1 N–H and O–H groups in total. The van der Waals surface area contributed by atoms with Gasteiger partial charge in [0.25, 0.3) is 0 Å². The van der Waals surface area contributed by atoms with E-state index < -0.39 is 0 Å². The van der Waals surface area contributed by atoms with Gasteiger partial charge in [0.15, 0.2) is 0 Å². The Kier molecular flexibility index (Phi) is 4.65. The zero-order chi connectivity index (χ0) is 15.3. The number of nitriles is 1. The van der Waals surface area contributed by atoms with Gasteiger partial charge >= 0.3 is 0 Å². The van der Waals surface area contributed by atoms with Crippen molar-refractivity contribution in [1.29, 1.82) is 5.26 Å². The number of para-hydroxylation sites is 1. The second-order valence-corrected chi connectivity index (χ2v) is 6.53. The lowest BCUT2D eigenvalue weighted by Gasteiger charge is -2.28. The SMILES string of the molecule is CC(C)(C)CC(Nc1ccccc1C#N)c1ccccc1. The Morgan fingerprint density at radius 3 is 2.24 bits per heavy atom. The van der Waals surface area contributed by atoms with Crippen molar-refractivity contribution >= 4 is 5.69 Å². The van der Waals surface area contributed by atoms with E-state index in [1.807, 2.05) is 30.3 Å². The molecule has 0 saturated carbocycles. The third-order valence-corrected chi connectivity index (χ3v) is 3.40. The van der Waals surface area contributed by atoms with Crippen LogP contribution in [0.1, 0.15) is 44.4 Å². The highest BCUT2D eigenvalue weighted by Crippen LogP contribution is 2.32. The number of nitrogens with zero attached hydrogens (tertiary/aromatic N) is 1. The molecule has 0 amide bonds. The molecule has 0 aliphatic carbocycles. The molecule has 0 aromatic heterocycles. The summed E-state index contributed by atoms with van der Waals surface area (Å²) in [6.45, 7) is 6.71. The van der Waals surface area contributed by atoms with Crippen molar-refractivity contribution in [3.8, 4) is 6.07 Å². The summed E-state index contributed by atoms with van der Waals surface area (Å²) in [4.78, 5) is 0. The maximum atomic E-state index is 9.24. The van der Waals surface area contributed by atoms with Crippen LogP contribution in [0.25, 0.3) is 0 Å². The fourth-order valence-electron chi connectivity index (χ4n) is 2.44. The third kappa shape index (κ3) is 4.36. The Labute approximate surface area is 127 Å². The summed E-state index contributed by atoms with van der Waals surface area (Å²) in [6, 6.07) is 20.5. The highest BCUT2D eigenvalue weighted by Gasteiger charge is 2.20. The fraction of sp³-hybridized carbons (Fsp3) is 0.316. The number of hydrogen-bond donors (Lipinski definition) is 1. The van der Waals surface area contributed by atoms with Crippen molar-refractivity contribution in [3.05, 3.63) is 65.7 Å². The summed E-state index contributed by atoms with van der Waals surface area (Å²) >= 11 is 0. The normalized spacial score (nSPS) is 12.5. The molecule has 0 saturated heterocycles. The number of anilines is 1. The van der Waals surface area contributed by atoms with Gasteiger partial charge in [-0.05, 0) is 29.5 Å². The maximum absolute atomic E-state index is 9.24. The van der Waals surface area contributed by atoms with Crippen LogP contribution in [-0.2, 0) is 0 Å². The molecular weight excluding hydrogens is 256 g/mol. The van der Waals surface area contributed by atoms with Crippen molar-refractivity contribution in [2.24, 2.45) is 5.41 Å². The fourth-order valence-corrected chi connectivity index (χ4v) is 2.44. The molecule has 2 aromatic carbocycles. The second-order valence-electron chi connectivity index (χ2n) is 6.53. The minimum Gasteiger partial charge on any atom is -0.377 e. The molecule has 0 aliphatic heterocycles. The van der Waals surface area contributed by atoms with Crippen LogP contribution in [0.3, 0.4) is 0 Å². The lowest BCUT2D eigenvalue weighted by atomic mass is 9.85. The quantitative estimate of drug-likeness (QED) is 0.839. The predicted molar refractivity (Wildman–Crippen MR) is 88.0 cm³/mol. The Bertz CT molecular complexity index is 618. The Morgan fingerprint density at radius 2 is 1.62 bits per heavy atom. The minimum atomic E-state index is 0.195. The molecule has 0 heterocycles. The van der Waals surface area contributed by atoms with E-state index in [4.69, 9.17) is 0 Å². The highest BCUT2D eigenvalue weighted by molar-refractivity contribution is 5.58. The summed E-state index contributed by atoms with van der Waals surface area (Å²) in [5.74, 6) is 0. The molecule has 2 rings (SSSR count). The second kappa shape index (κ2) is 6.45. The monoisotopic (exact) mass is 278 g/mol. The predicted octanol–water partition coefficient (Wildman–Crippen LogP) is 5.15. The molecule has 1 atom stereocenters. The van der Waals surface area contributed by atoms with Gasteiger partial charge in [0.1, 0.15) is 6.07 Å². The van der Waals surface area contributed by atoms with E-state index >= 15 is 0 Å². The first-order valence-corrected chi connectivity index (χ1v) is 7.30. The van der Waals surface area contributed by atoms with Crippen molar-refractivity contribution in [3.63, 3.8) is 0 Å². The van der Waals surface area contributed by atoms with Crippen LogP contribution in [0.4, 0.5) is 5.69 Å². The Hall–Kier alpha value is -2.27. The molecule has 2 heteroatoms. The standard InChI is InChI=1S/C19H22N2/c1-19(2,3)13-18(15-9-5-4-6-10-15)21-17-12-8-7-11-16(17)14-20/h4-12,18,21H,13H2,1-3H3. The van der Waals surface area contributed by atoms with Gasteiger partial charge in [-0.1, -0.05) is 63.2 Å². The maximum Gasteiger partial charge on any atom is 0.101 e. The molecule has 21 heavy (non-hydrogen) atoms. The van der Waals surface area contributed by atoms with Gasteiger partial charge in [-0.15, -0.1) is 0 Å². The van der Waals surface area contributed by atoms with Gasteiger partial charge < -0.3 is 5.32 Å². The minimum absolute atomic E-state index is 0.195. The van der Waals surface area contributed by atoms with Gasteiger partial charge in [-0.3, -0.25) is 0 Å². The largest absolute Gasteiger partial charge is 0.377 e. The molecule has 2 aromatic rings. The molecule has 0 radical (unpaired) electrons. The molecule has 0 spiro atoms. The van der Waals surface area contributed by atoms with E-state index in [0.717, 1.165) is 12.1 Å². The van der Waals surface area contributed by atoms with Gasteiger partial charge in [0, 0.05) is 0 Å². The van der Waals surface area contributed by atoms with E-state index in [9.17, 15) is 5.26 Å². The van der Waals surface area contributed by atoms with Crippen LogP contribution >= 0.6 is 0 Å². The van der Waals surface area contributed by atoms with E-state index in [2.05, 4.69) is 56.4 Å². The van der Waals surface area contributed by atoms with Crippen LogP contribution in [0.5, 0.6) is 0 Å². The zero-order valence-corrected chi connectivity index (χ0v) is 12.9. The van der Waals surface area contributed by atoms with Gasteiger partial charge in [-0.2, -0.15) is 5.26 Å². The van der Waals surface area contributed by atoms with E-state index in [0.29, 0.717) is 5.56 Å². The topological polar surface area (TPSA) is 35.8 Å². The summed E-state index contributed by atoms with van der Waals surface area (Å²) in [7, 11) is 0. The molecule has 2 nitrogen and oxygen atoms in total. The third-order valence-electron chi connectivity index (χ3n) is 3.40. The first-order chi connectivity index (χ1) is 9.99. The molecule has 1 unspecified atom stereocenters. The number of rotatable bonds is 4. The average Bonchev–Trinajstić information content (AvgIpc) is 2.47. The van der Waals surface area contributed by atoms with Crippen LogP contribution in [-0.4, -0.2) is 0 Å². The smallest absolute Gasteiger partial charge is 0.101 e. The molecule has 108 valence electrons. The highest BCUT2D eigenvalue weighted by atomic mass is 14.9. The number of hydrogen-bond acceptors (Lipinski definition) is 2. The summed E-state index contributed by atoms with van der Waals surface area (Å²) in [5.41, 5.74) is 3.04. The summed E-state index contributed by atoms with van der Waals surface area (Å²) < 4.78 is 0. The number of benzene rings is 2. The summed E-state index contributed by atoms with van der Waals surface area (Å²) in [6.07, 6.45) is 0.997. The summed E-state index contributed by atoms with van der Waals surface area (Å²) in [5, 5.41) is 12.8. The van der Waals surface area contributed by atoms with E-state index in [-0.39, 0.29) is 11.5 Å². The average molecular weight is 278 g/mol. The van der Waals surface area contributed by atoms with Gasteiger partial charge in [0.2, 0.25) is 0 Å². The van der Waals surface area contributed by atoms with Gasteiger partial charge in [0.05, 0.1) is 17.3 Å². The lowest BCUT2D eigenvalue weighted by molar-refractivity contribution is 0.352. The Morgan fingerprint density at radius 1 is 1.00 bits per heavy atom. The van der Waals surface area contributed by atoms with Gasteiger partial charge in [-0.25, -0.2) is 0 Å². The van der Waals surface area contributed by atoms with E-state index in [1.54, 1.807) is 0 Å². The van der Waals surface area contributed by atoms with Crippen molar-refractivity contribution in [1.82, 2.24) is 0 Å². The van der Waals surface area contributed by atoms with Crippen molar-refractivity contribution in [2.75, 3.05) is 5.32 Å². The van der Waals surface area contributed by atoms with Crippen LogP contribution < -0.4 is 5.32 Å². The van der Waals surface area contributed by atoms with E-state index in [1.165, 1.54) is 5.56 Å². The number of nitrogens with one attached hydrogen (secondary N) is 1. The zero-order valence-electron chi connectivity index (χ0n) is 12.9. The van der Waals surface area contributed by atoms with Crippen LogP contribution in [0.15, 0.2) is 54.6 Å². The molecule has 0 aliphatic rings. The van der Waals surface area contributed by atoms with Crippen molar-refractivity contribution in [2.45, 2.75) is 33.2 Å². The van der Waals surface area contributed by atoms with Crippen molar-refractivity contribution < 1.29 is 0 Å². The molecular formula is C19H22N2. The molecule has 0 fully saturated rings.